The normalized spacial score (nSPS) is 10.9. The van der Waals surface area contributed by atoms with Crippen LogP contribution in [0.15, 0.2) is 23.1 Å². The number of hydrogen-bond donors (Lipinski definition) is 0. The summed E-state index contributed by atoms with van der Waals surface area (Å²) >= 11 is 1.77. The van der Waals surface area contributed by atoms with Crippen LogP contribution in [-0.2, 0) is 0 Å². The van der Waals surface area contributed by atoms with Gasteiger partial charge < -0.3 is 0 Å². The lowest BCUT2D eigenvalue weighted by molar-refractivity contribution is 1.46. The Morgan fingerprint density at radius 2 is 1.70 bits per heavy atom. The van der Waals surface area contributed by atoms with Crippen molar-refractivity contribution in [3.8, 4) is 0 Å². The van der Waals surface area contributed by atoms with E-state index >= 15 is 0 Å². The van der Waals surface area contributed by atoms with Gasteiger partial charge in [-0.25, -0.2) is 0 Å². The van der Waals surface area contributed by atoms with Gasteiger partial charge in [-0.05, 0) is 30.6 Å². The molecule has 0 heterocycles. The van der Waals surface area contributed by atoms with Gasteiger partial charge in [-0.1, -0.05) is 26.5 Å². The van der Waals surface area contributed by atoms with Crippen LogP contribution < -0.4 is 0 Å². The van der Waals surface area contributed by atoms with E-state index in [2.05, 4.69) is 26.7 Å². The lowest BCUT2D eigenvalue weighted by atomic mass is 10.3. The molecule has 0 amide bonds. The van der Waals surface area contributed by atoms with Crippen LogP contribution in [0.5, 0.6) is 0 Å². The largest absolute Gasteiger partial charge is 0.134 e. The van der Waals surface area contributed by atoms with Crippen molar-refractivity contribution in [3.05, 3.63) is 23.1 Å². The zero-order valence-electron chi connectivity index (χ0n) is 7.69. The van der Waals surface area contributed by atoms with Crippen LogP contribution in [0.3, 0.4) is 0 Å². The van der Waals surface area contributed by atoms with E-state index in [1.54, 1.807) is 11.8 Å². The van der Waals surface area contributed by atoms with Crippen molar-refractivity contribution in [2.75, 3.05) is 6.26 Å². The molecule has 0 aromatic rings. The number of rotatable bonds is 2. The molecule has 0 aliphatic rings. The summed E-state index contributed by atoms with van der Waals surface area (Å²) in [6.07, 6.45) is 3.95. The van der Waals surface area contributed by atoms with Gasteiger partial charge in [0, 0.05) is 0 Å². The van der Waals surface area contributed by atoms with Crippen LogP contribution in [-0.4, -0.2) is 6.26 Å². The maximum atomic E-state index is 3.66. The average Bonchev–Trinajstić information content (AvgIpc) is 2.05. The highest BCUT2D eigenvalue weighted by atomic mass is 32.2. The average molecular weight is 158 g/mol. The van der Waals surface area contributed by atoms with Crippen molar-refractivity contribution in [2.24, 2.45) is 0 Å². The Kier molecular flexibility index (Phi) is 11.0. The summed E-state index contributed by atoms with van der Waals surface area (Å²) in [5.41, 5.74) is 1.28. The van der Waals surface area contributed by atoms with Crippen LogP contribution in [0.25, 0.3) is 0 Å². The Bertz CT molecular complexity index is 112. The minimum absolute atomic E-state index is 1.28. The predicted molar refractivity (Wildman–Crippen MR) is 53.4 cm³/mol. The second-order valence-electron chi connectivity index (χ2n) is 1.65. The predicted octanol–water partition coefficient (Wildman–Crippen LogP) is 3.86. The fraction of sp³-hybridized carbons (Fsp3) is 0.556. The molecule has 0 aromatic heterocycles. The topological polar surface area (TPSA) is 0 Å². The lowest BCUT2D eigenvalue weighted by Crippen LogP contribution is -1.70. The fourth-order valence-corrected chi connectivity index (χ4v) is 0.710. The molecule has 0 nitrogen and oxygen atoms in total. The van der Waals surface area contributed by atoms with E-state index < -0.39 is 0 Å². The third-order valence-electron chi connectivity index (χ3n) is 1.17. The van der Waals surface area contributed by atoms with Crippen molar-refractivity contribution in [3.63, 3.8) is 0 Å². The molecule has 0 aromatic carbocycles. The van der Waals surface area contributed by atoms with Crippen LogP contribution >= 0.6 is 11.8 Å². The summed E-state index contributed by atoms with van der Waals surface area (Å²) in [4.78, 5) is 1.35. The molecule has 0 spiro atoms. The molecular formula is C9H18S. The summed E-state index contributed by atoms with van der Waals surface area (Å²) in [5, 5.41) is 0. The van der Waals surface area contributed by atoms with Crippen LogP contribution in [0, 0.1) is 0 Å². The molecule has 0 aliphatic carbocycles. The fourth-order valence-electron chi connectivity index (χ4n) is 0.305. The van der Waals surface area contributed by atoms with Crippen LogP contribution in [0.4, 0.5) is 0 Å². The second kappa shape index (κ2) is 8.83. The second-order valence-corrected chi connectivity index (χ2v) is 2.67. The van der Waals surface area contributed by atoms with Crippen molar-refractivity contribution in [2.45, 2.75) is 27.7 Å². The smallest absolute Gasteiger partial charge is 0.0140 e. The first-order valence-corrected chi connectivity index (χ1v) is 4.78. The Hall–Kier alpha value is -0.170. The van der Waals surface area contributed by atoms with Gasteiger partial charge in [0.25, 0.3) is 0 Å². The molecule has 0 unspecified atom stereocenters. The first-order valence-electron chi connectivity index (χ1n) is 3.56. The Morgan fingerprint density at radius 1 is 1.30 bits per heavy atom. The molecular weight excluding hydrogens is 140 g/mol. The monoisotopic (exact) mass is 158 g/mol. The molecule has 0 N–H and O–H groups in total. The molecule has 10 heavy (non-hydrogen) atoms. The van der Waals surface area contributed by atoms with E-state index in [0.717, 1.165) is 0 Å². The highest BCUT2D eigenvalue weighted by Gasteiger charge is 1.86. The molecule has 0 aliphatic heterocycles. The van der Waals surface area contributed by atoms with Gasteiger partial charge in [-0.3, -0.25) is 0 Å². The maximum absolute atomic E-state index is 3.66. The van der Waals surface area contributed by atoms with Gasteiger partial charge in [0.05, 0.1) is 0 Å². The zero-order chi connectivity index (χ0) is 8.57. The summed E-state index contributed by atoms with van der Waals surface area (Å²) in [7, 11) is 0. The number of allylic oxidation sites excluding steroid dienone is 3. The van der Waals surface area contributed by atoms with Gasteiger partial charge in [0.2, 0.25) is 0 Å². The van der Waals surface area contributed by atoms with E-state index in [-0.39, 0.29) is 0 Å². The Labute approximate surface area is 69.4 Å². The summed E-state index contributed by atoms with van der Waals surface area (Å²) in [6, 6.07) is 0. The first-order chi connectivity index (χ1) is 4.72. The number of thioether (sulfide) groups is 1. The molecule has 0 atom stereocenters. The highest BCUT2D eigenvalue weighted by molar-refractivity contribution is 8.02. The summed E-state index contributed by atoms with van der Waals surface area (Å²) < 4.78 is 0. The third-order valence-corrected chi connectivity index (χ3v) is 2.10. The molecule has 0 radical (unpaired) electrons. The van der Waals surface area contributed by atoms with Crippen molar-refractivity contribution < 1.29 is 0 Å². The summed E-state index contributed by atoms with van der Waals surface area (Å²) in [5.74, 6) is 0. The van der Waals surface area contributed by atoms with Gasteiger partial charge in [-0.15, -0.1) is 11.8 Å². The van der Waals surface area contributed by atoms with E-state index in [1.807, 2.05) is 19.9 Å². The van der Waals surface area contributed by atoms with E-state index in [9.17, 15) is 0 Å². The van der Waals surface area contributed by atoms with Crippen molar-refractivity contribution >= 4 is 11.8 Å². The molecule has 0 saturated carbocycles. The maximum Gasteiger partial charge on any atom is -0.0140 e. The lowest BCUT2D eigenvalue weighted by Gasteiger charge is -1.95. The van der Waals surface area contributed by atoms with Crippen LogP contribution in [0.2, 0.25) is 0 Å². The highest BCUT2D eigenvalue weighted by Crippen LogP contribution is 2.15. The summed E-state index contributed by atoms with van der Waals surface area (Å²) in [6.45, 7) is 11.8. The van der Waals surface area contributed by atoms with Crippen LogP contribution in [0.1, 0.15) is 27.7 Å². The van der Waals surface area contributed by atoms with Gasteiger partial charge >= 0.3 is 0 Å². The first kappa shape index (κ1) is 12.5. The van der Waals surface area contributed by atoms with E-state index in [1.165, 1.54) is 10.5 Å². The molecule has 1 heteroatoms. The molecule has 0 fully saturated rings. The number of hydrogen-bond acceptors (Lipinski definition) is 1. The molecule has 0 saturated heterocycles. The quantitative estimate of drug-likeness (QED) is 0.550. The minimum atomic E-state index is 1.28. The SMILES string of the molecule is C=C/C(C)=C(/C)SC.CC. The van der Waals surface area contributed by atoms with Crippen molar-refractivity contribution in [1.29, 1.82) is 0 Å². The van der Waals surface area contributed by atoms with Gasteiger partial charge in [0.1, 0.15) is 0 Å². The van der Waals surface area contributed by atoms with E-state index in [4.69, 9.17) is 0 Å². The molecule has 0 rings (SSSR count). The Morgan fingerprint density at radius 3 is 1.80 bits per heavy atom. The van der Waals surface area contributed by atoms with Crippen molar-refractivity contribution in [1.82, 2.24) is 0 Å². The standard InChI is InChI=1S/C7H12S.C2H6/c1-5-6(2)7(3)8-4;1-2/h5H,1H2,2-4H3;1-2H3/b7-6-;. The van der Waals surface area contributed by atoms with E-state index in [0.29, 0.717) is 0 Å². The molecule has 60 valence electrons. The third kappa shape index (κ3) is 5.96. The zero-order valence-corrected chi connectivity index (χ0v) is 8.51. The Balaban J connectivity index is 0. The minimum Gasteiger partial charge on any atom is -0.134 e. The van der Waals surface area contributed by atoms with Gasteiger partial charge in [0.15, 0.2) is 0 Å². The van der Waals surface area contributed by atoms with Gasteiger partial charge in [-0.2, -0.15) is 0 Å². The molecule has 0 bridgehead atoms.